The lowest BCUT2D eigenvalue weighted by Gasteiger charge is -1.99. The van der Waals surface area contributed by atoms with E-state index in [0.717, 1.165) is 6.20 Å². The molecular formula is C10H10FN3O. The van der Waals surface area contributed by atoms with E-state index in [1.54, 1.807) is 0 Å². The summed E-state index contributed by atoms with van der Waals surface area (Å²) in [6, 6.07) is 1.17. The topological polar surface area (TPSA) is 79.8 Å². The van der Waals surface area contributed by atoms with E-state index < -0.39 is 11.7 Å². The predicted octanol–water partition coefficient (Wildman–Crippen LogP) is 1.02. The van der Waals surface area contributed by atoms with E-state index in [-0.39, 0.29) is 11.3 Å². The van der Waals surface area contributed by atoms with Crippen LogP contribution in [0, 0.1) is 11.2 Å². The van der Waals surface area contributed by atoms with Gasteiger partial charge in [0.15, 0.2) is 0 Å². The van der Waals surface area contributed by atoms with E-state index in [9.17, 15) is 9.18 Å². The Bertz CT molecular complexity index is 440. The van der Waals surface area contributed by atoms with Crippen LogP contribution >= 0.6 is 0 Å². The molecule has 0 saturated heterocycles. The van der Waals surface area contributed by atoms with Gasteiger partial charge in [0.05, 0.1) is 11.9 Å². The van der Waals surface area contributed by atoms with Crippen LogP contribution in [-0.4, -0.2) is 16.6 Å². The van der Waals surface area contributed by atoms with Crippen molar-refractivity contribution >= 4 is 11.6 Å². The van der Waals surface area contributed by atoms with Crippen molar-refractivity contribution in [2.75, 3.05) is 0 Å². The molecule has 0 saturated carbocycles. The molecule has 1 aromatic rings. The van der Waals surface area contributed by atoms with E-state index in [1.165, 1.54) is 25.3 Å². The predicted molar refractivity (Wildman–Crippen MR) is 54.0 cm³/mol. The van der Waals surface area contributed by atoms with Crippen LogP contribution in [0.4, 0.5) is 4.39 Å². The fourth-order valence-corrected chi connectivity index (χ4v) is 0.930. The minimum atomic E-state index is -0.607. The number of halogens is 1. The SMILES string of the molecule is C/C(=C/C(=N)c1cncc(F)c1)C(N)=O. The molecule has 1 amide bonds. The Labute approximate surface area is 86.1 Å². The van der Waals surface area contributed by atoms with Crippen molar-refractivity contribution in [1.82, 2.24) is 4.98 Å². The van der Waals surface area contributed by atoms with Gasteiger partial charge in [0.1, 0.15) is 5.82 Å². The highest BCUT2D eigenvalue weighted by Gasteiger charge is 2.03. The number of rotatable bonds is 3. The van der Waals surface area contributed by atoms with Gasteiger partial charge in [-0.05, 0) is 19.1 Å². The number of nitrogens with zero attached hydrogens (tertiary/aromatic N) is 1. The van der Waals surface area contributed by atoms with Gasteiger partial charge in [0.25, 0.3) is 0 Å². The number of aromatic nitrogens is 1. The van der Waals surface area contributed by atoms with E-state index in [4.69, 9.17) is 11.1 Å². The summed E-state index contributed by atoms with van der Waals surface area (Å²) >= 11 is 0. The number of nitrogens with one attached hydrogen (secondary N) is 1. The Morgan fingerprint density at radius 1 is 1.60 bits per heavy atom. The number of carbonyl (C=O) groups is 1. The molecule has 3 N–H and O–H groups in total. The second-order valence-corrected chi connectivity index (χ2v) is 3.00. The molecule has 0 aliphatic carbocycles. The van der Waals surface area contributed by atoms with Crippen LogP contribution in [0.15, 0.2) is 30.1 Å². The maximum Gasteiger partial charge on any atom is 0.244 e. The van der Waals surface area contributed by atoms with Crippen molar-refractivity contribution in [2.24, 2.45) is 5.73 Å². The Hall–Kier alpha value is -2.04. The molecule has 1 rings (SSSR count). The normalized spacial score (nSPS) is 11.2. The largest absolute Gasteiger partial charge is 0.366 e. The number of carbonyl (C=O) groups excluding carboxylic acids is 1. The van der Waals surface area contributed by atoms with Gasteiger partial charge in [-0.1, -0.05) is 0 Å². The Morgan fingerprint density at radius 3 is 2.80 bits per heavy atom. The number of pyridine rings is 1. The van der Waals surface area contributed by atoms with Crippen LogP contribution in [-0.2, 0) is 4.79 Å². The lowest BCUT2D eigenvalue weighted by atomic mass is 10.1. The number of hydrogen-bond acceptors (Lipinski definition) is 3. The first-order valence-electron chi connectivity index (χ1n) is 4.18. The maximum atomic E-state index is 12.8. The standard InChI is InChI=1S/C10H10FN3O/c1-6(10(13)15)2-9(12)7-3-8(11)5-14-4-7/h2-5,12H,1H3,(H2,13,15)/b6-2-,12-9?. The lowest BCUT2D eigenvalue weighted by Crippen LogP contribution is -2.13. The second-order valence-electron chi connectivity index (χ2n) is 3.00. The summed E-state index contributed by atoms with van der Waals surface area (Å²) in [6.07, 6.45) is 3.66. The maximum absolute atomic E-state index is 12.8. The summed E-state index contributed by atoms with van der Waals surface area (Å²) in [5.41, 5.74) is 5.54. The first kappa shape index (κ1) is 11.0. The van der Waals surface area contributed by atoms with Crippen molar-refractivity contribution in [2.45, 2.75) is 6.92 Å². The molecule has 1 heterocycles. The smallest absolute Gasteiger partial charge is 0.244 e. The summed E-state index contributed by atoms with van der Waals surface area (Å²) in [4.78, 5) is 14.3. The molecule has 1 aromatic heterocycles. The number of amides is 1. The number of nitrogens with two attached hydrogens (primary N) is 1. The number of hydrogen-bond donors (Lipinski definition) is 2. The van der Waals surface area contributed by atoms with Crippen molar-refractivity contribution < 1.29 is 9.18 Å². The second kappa shape index (κ2) is 4.45. The van der Waals surface area contributed by atoms with Gasteiger partial charge >= 0.3 is 0 Å². The van der Waals surface area contributed by atoms with Gasteiger partial charge < -0.3 is 11.1 Å². The summed E-state index contributed by atoms with van der Waals surface area (Å²) < 4.78 is 12.8. The average Bonchev–Trinajstić information content (AvgIpc) is 2.17. The van der Waals surface area contributed by atoms with Crippen LogP contribution in [0.3, 0.4) is 0 Å². The first-order chi connectivity index (χ1) is 7.00. The summed E-state index contributed by atoms with van der Waals surface area (Å²) in [5.74, 6) is -1.13. The zero-order chi connectivity index (χ0) is 11.4. The summed E-state index contributed by atoms with van der Waals surface area (Å²) in [6.45, 7) is 1.49. The zero-order valence-corrected chi connectivity index (χ0v) is 8.12. The van der Waals surface area contributed by atoms with Crippen molar-refractivity contribution in [3.63, 3.8) is 0 Å². The van der Waals surface area contributed by atoms with Crippen LogP contribution in [0.2, 0.25) is 0 Å². The highest BCUT2D eigenvalue weighted by Crippen LogP contribution is 2.04. The van der Waals surface area contributed by atoms with E-state index in [0.29, 0.717) is 5.56 Å². The molecule has 0 unspecified atom stereocenters. The molecule has 0 radical (unpaired) electrons. The van der Waals surface area contributed by atoms with E-state index in [1.807, 2.05) is 0 Å². The molecule has 0 fully saturated rings. The lowest BCUT2D eigenvalue weighted by molar-refractivity contribution is -0.114. The summed E-state index contributed by atoms with van der Waals surface area (Å²) in [5, 5.41) is 7.56. The number of allylic oxidation sites excluding steroid dienone is 1. The number of primary amides is 1. The molecular weight excluding hydrogens is 197 g/mol. The van der Waals surface area contributed by atoms with E-state index >= 15 is 0 Å². The highest BCUT2D eigenvalue weighted by molar-refractivity contribution is 6.10. The Balaban J connectivity index is 2.96. The van der Waals surface area contributed by atoms with Gasteiger partial charge in [-0.25, -0.2) is 4.39 Å². The van der Waals surface area contributed by atoms with Crippen LogP contribution in [0.5, 0.6) is 0 Å². The van der Waals surface area contributed by atoms with Crippen LogP contribution in [0.1, 0.15) is 12.5 Å². The molecule has 0 atom stereocenters. The van der Waals surface area contributed by atoms with Crippen molar-refractivity contribution in [3.8, 4) is 0 Å². The third-order valence-electron chi connectivity index (χ3n) is 1.77. The molecule has 78 valence electrons. The average molecular weight is 207 g/mol. The molecule has 15 heavy (non-hydrogen) atoms. The Kier molecular flexibility index (Phi) is 3.28. The minimum absolute atomic E-state index is 0.00157. The highest BCUT2D eigenvalue weighted by atomic mass is 19.1. The van der Waals surface area contributed by atoms with Crippen molar-refractivity contribution in [1.29, 1.82) is 5.41 Å². The molecule has 0 aromatic carbocycles. The molecule has 0 aliphatic heterocycles. The van der Waals surface area contributed by atoms with Gasteiger partial charge in [-0.15, -0.1) is 0 Å². The van der Waals surface area contributed by atoms with Gasteiger partial charge in [-0.3, -0.25) is 9.78 Å². The third-order valence-corrected chi connectivity index (χ3v) is 1.77. The van der Waals surface area contributed by atoms with Gasteiger partial charge in [0, 0.05) is 17.3 Å². The van der Waals surface area contributed by atoms with Crippen LogP contribution < -0.4 is 5.73 Å². The monoisotopic (exact) mass is 207 g/mol. The molecule has 0 aliphatic rings. The Morgan fingerprint density at radius 2 is 2.27 bits per heavy atom. The first-order valence-corrected chi connectivity index (χ1v) is 4.18. The van der Waals surface area contributed by atoms with E-state index in [2.05, 4.69) is 4.98 Å². The summed E-state index contributed by atoms with van der Waals surface area (Å²) in [7, 11) is 0. The molecule has 0 bridgehead atoms. The minimum Gasteiger partial charge on any atom is -0.366 e. The molecule has 0 spiro atoms. The fraction of sp³-hybridized carbons (Fsp3) is 0.100. The zero-order valence-electron chi connectivity index (χ0n) is 8.12. The van der Waals surface area contributed by atoms with Crippen molar-refractivity contribution in [3.05, 3.63) is 41.5 Å². The van der Waals surface area contributed by atoms with Gasteiger partial charge in [-0.2, -0.15) is 0 Å². The molecule has 5 heteroatoms. The third kappa shape index (κ3) is 2.98. The fourth-order valence-electron chi connectivity index (χ4n) is 0.930. The van der Waals surface area contributed by atoms with Gasteiger partial charge in [0.2, 0.25) is 5.91 Å². The van der Waals surface area contributed by atoms with Crippen LogP contribution in [0.25, 0.3) is 0 Å². The molecule has 4 nitrogen and oxygen atoms in total. The quantitative estimate of drug-likeness (QED) is 0.573.